The summed E-state index contributed by atoms with van der Waals surface area (Å²) in [4.78, 5) is 44.8. The summed E-state index contributed by atoms with van der Waals surface area (Å²) in [6, 6.07) is 8.93. The van der Waals surface area contributed by atoms with Crippen molar-refractivity contribution in [3.05, 3.63) is 53.2 Å². The van der Waals surface area contributed by atoms with Crippen LogP contribution in [0.25, 0.3) is 0 Å². The molecule has 1 aromatic heterocycles. The third-order valence-corrected chi connectivity index (χ3v) is 5.30. The predicted molar refractivity (Wildman–Crippen MR) is 112 cm³/mol. The lowest BCUT2D eigenvalue weighted by atomic mass is 10.1. The molecule has 0 radical (unpaired) electrons. The number of aromatic nitrogens is 1. The minimum Gasteiger partial charge on any atom is -0.378 e. The van der Waals surface area contributed by atoms with Gasteiger partial charge in [0.25, 0.3) is 11.8 Å². The van der Waals surface area contributed by atoms with Crippen molar-refractivity contribution in [2.75, 3.05) is 43.1 Å². The van der Waals surface area contributed by atoms with E-state index in [9.17, 15) is 14.4 Å². The van der Waals surface area contributed by atoms with E-state index in [-0.39, 0.29) is 30.7 Å². The van der Waals surface area contributed by atoms with Gasteiger partial charge in [0.2, 0.25) is 5.91 Å². The van der Waals surface area contributed by atoms with Crippen molar-refractivity contribution in [3.8, 4) is 0 Å². The fourth-order valence-electron chi connectivity index (χ4n) is 3.68. The van der Waals surface area contributed by atoms with E-state index in [2.05, 4.69) is 15.2 Å². The van der Waals surface area contributed by atoms with Gasteiger partial charge in [-0.3, -0.25) is 19.3 Å². The third kappa shape index (κ3) is 4.18. The van der Waals surface area contributed by atoms with Crippen LogP contribution in [0.5, 0.6) is 0 Å². The van der Waals surface area contributed by atoms with Crippen LogP contribution in [0.2, 0.25) is 0 Å². The molecule has 1 aromatic carbocycles. The molecule has 0 unspecified atom stereocenters. The molecule has 4 rings (SSSR count). The van der Waals surface area contributed by atoms with Crippen LogP contribution in [0.15, 0.2) is 36.5 Å². The zero-order valence-corrected chi connectivity index (χ0v) is 16.9. The lowest BCUT2D eigenvalue weighted by Gasteiger charge is -2.28. The van der Waals surface area contributed by atoms with Crippen molar-refractivity contribution < 1.29 is 19.1 Å². The monoisotopic (exact) mass is 408 g/mol. The first kappa shape index (κ1) is 20.0. The topological polar surface area (TPSA) is 91.8 Å². The van der Waals surface area contributed by atoms with Crippen LogP contribution >= 0.6 is 0 Å². The Bertz CT molecular complexity index is 968. The van der Waals surface area contributed by atoms with Gasteiger partial charge in [-0.05, 0) is 37.6 Å². The number of fused-ring (bicyclic) bond motifs is 1. The van der Waals surface area contributed by atoms with Gasteiger partial charge in [-0.15, -0.1) is 0 Å². The van der Waals surface area contributed by atoms with Crippen LogP contribution in [0, 0.1) is 6.92 Å². The maximum absolute atomic E-state index is 12.5. The molecule has 2 aliphatic rings. The molecular weight excluding hydrogens is 384 g/mol. The number of pyridine rings is 1. The molecule has 2 aliphatic heterocycles. The standard InChI is InChI=1S/C22H24N4O4/c1-15-4-6-17-18(13-15)22(29)26(21(17)28)8-2-3-20(27)24-19-7-5-16(14-23-19)25-9-11-30-12-10-25/h4-7,13-14H,2-3,8-12H2,1H3,(H,23,24,27). The summed E-state index contributed by atoms with van der Waals surface area (Å²) in [6.45, 7) is 5.14. The van der Waals surface area contributed by atoms with Gasteiger partial charge in [0.1, 0.15) is 5.82 Å². The van der Waals surface area contributed by atoms with Gasteiger partial charge in [0, 0.05) is 26.1 Å². The number of amides is 3. The summed E-state index contributed by atoms with van der Waals surface area (Å²) in [5, 5.41) is 2.76. The Kier molecular flexibility index (Phi) is 5.76. The zero-order valence-electron chi connectivity index (χ0n) is 16.9. The highest BCUT2D eigenvalue weighted by molar-refractivity contribution is 6.21. The molecule has 0 aliphatic carbocycles. The number of rotatable bonds is 6. The number of carbonyl (C=O) groups is 3. The molecule has 30 heavy (non-hydrogen) atoms. The maximum Gasteiger partial charge on any atom is 0.261 e. The third-order valence-electron chi connectivity index (χ3n) is 5.30. The second-order valence-corrected chi connectivity index (χ2v) is 7.46. The smallest absolute Gasteiger partial charge is 0.261 e. The average Bonchev–Trinajstić information content (AvgIpc) is 2.99. The first-order chi connectivity index (χ1) is 14.5. The molecule has 0 spiro atoms. The van der Waals surface area contributed by atoms with Gasteiger partial charge in [-0.2, -0.15) is 0 Å². The second kappa shape index (κ2) is 8.62. The van der Waals surface area contributed by atoms with E-state index >= 15 is 0 Å². The second-order valence-electron chi connectivity index (χ2n) is 7.46. The van der Waals surface area contributed by atoms with Crippen LogP contribution in [-0.4, -0.2) is 60.5 Å². The van der Waals surface area contributed by atoms with Crippen molar-refractivity contribution in [1.82, 2.24) is 9.88 Å². The molecule has 156 valence electrons. The number of nitrogens with zero attached hydrogens (tertiary/aromatic N) is 3. The van der Waals surface area contributed by atoms with E-state index < -0.39 is 0 Å². The number of nitrogens with one attached hydrogen (secondary N) is 1. The van der Waals surface area contributed by atoms with Crippen molar-refractivity contribution in [2.24, 2.45) is 0 Å². The number of hydrogen-bond acceptors (Lipinski definition) is 6. The number of benzene rings is 1. The fourth-order valence-corrected chi connectivity index (χ4v) is 3.68. The van der Waals surface area contributed by atoms with Gasteiger partial charge in [-0.25, -0.2) is 4.98 Å². The molecule has 1 fully saturated rings. The Hall–Kier alpha value is -3.26. The molecule has 8 nitrogen and oxygen atoms in total. The highest BCUT2D eigenvalue weighted by Gasteiger charge is 2.34. The van der Waals surface area contributed by atoms with Crippen LogP contribution in [0.1, 0.15) is 39.1 Å². The summed E-state index contributed by atoms with van der Waals surface area (Å²) < 4.78 is 5.34. The normalized spacial score (nSPS) is 16.0. The summed E-state index contributed by atoms with van der Waals surface area (Å²) >= 11 is 0. The van der Waals surface area contributed by atoms with Crippen molar-refractivity contribution >= 4 is 29.2 Å². The van der Waals surface area contributed by atoms with Gasteiger partial charge < -0.3 is 15.0 Å². The number of hydrogen-bond donors (Lipinski definition) is 1. The summed E-state index contributed by atoms with van der Waals surface area (Å²) in [7, 11) is 0. The highest BCUT2D eigenvalue weighted by Crippen LogP contribution is 2.24. The number of anilines is 2. The number of carbonyl (C=O) groups excluding carboxylic acids is 3. The van der Waals surface area contributed by atoms with E-state index in [1.165, 1.54) is 4.90 Å². The van der Waals surface area contributed by atoms with Gasteiger partial charge in [-0.1, -0.05) is 11.6 Å². The number of ether oxygens (including phenoxy) is 1. The van der Waals surface area contributed by atoms with Crippen LogP contribution in [-0.2, 0) is 9.53 Å². The Morgan fingerprint density at radius 3 is 2.60 bits per heavy atom. The van der Waals surface area contributed by atoms with Crippen LogP contribution in [0.3, 0.4) is 0 Å². The van der Waals surface area contributed by atoms with E-state index in [0.29, 0.717) is 36.6 Å². The van der Waals surface area contributed by atoms with Crippen LogP contribution in [0.4, 0.5) is 11.5 Å². The van der Waals surface area contributed by atoms with Gasteiger partial charge in [0.05, 0.1) is 36.2 Å². The van der Waals surface area contributed by atoms with Gasteiger partial charge in [0.15, 0.2) is 0 Å². The Morgan fingerprint density at radius 2 is 1.87 bits per heavy atom. The van der Waals surface area contributed by atoms with E-state index in [1.807, 2.05) is 19.1 Å². The largest absolute Gasteiger partial charge is 0.378 e. The Labute approximate surface area is 174 Å². The summed E-state index contributed by atoms with van der Waals surface area (Å²) in [5.74, 6) is -0.308. The van der Waals surface area contributed by atoms with E-state index in [0.717, 1.165) is 24.3 Å². The molecule has 0 atom stereocenters. The van der Waals surface area contributed by atoms with E-state index in [1.54, 1.807) is 24.4 Å². The summed E-state index contributed by atoms with van der Waals surface area (Å²) in [5.41, 5.74) is 2.80. The molecule has 3 amide bonds. The predicted octanol–water partition coefficient (Wildman–Crippen LogP) is 2.24. The van der Waals surface area contributed by atoms with Crippen molar-refractivity contribution in [2.45, 2.75) is 19.8 Å². The fraction of sp³-hybridized carbons (Fsp3) is 0.364. The zero-order chi connectivity index (χ0) is 21.1. The van der Waals surface area contributed by atoms with Gasteiger partial charge >= 0.3 is 0 Å². The van der Waals surface area contributed by atoms with E-state index in [4.69, 9.17) is 4.74 Å². The molecule has 0 saturated carbocycles. The molecule has 3 heterocycles. The van der Waals surface area contributed by atoms with Crippen molar-refractivity contribution in [3.63, 3.8) is 0 Å². The van der Waals surface area contributed by atoms with Crippen molar-refractivity contribution in [1.29, 1.82) is 0 Å². The summed E-state index contributed by atoms with van der Waals surface area (Å²) in [6.07, 6.45) is 2.32. The molecule has 1 N–H and O–H groups in total. The Balaban J connectivity index is 1.26. The lowest BCUT2D eigenvalue weighted by molar-refractivity contribution is -0.116. The first-order valence-electron chi connectivity index (χ1n) is 10.1. The number of morpholine rings is 1. The maximum atomic E-state index is 12.5. The molecule has 0 bridgehead atoms. The first-order valence-corrected chi connectivity index (χ1v) is 10.1. The lowest BCUT2D eigenvalue weighted by Crippen LogP contribution is -2.36. The number of aryl methyl sites for hydroxylation is 1. The molecular formula is C22H24N4O4. The Morgan fingerprint density at radius 1 is 1.10 bits per heavy atom. The number of imide groups is 1. The molecule has 8 heteroatoms. The molecule has 2 aromatic rings. The van der Waals surface area contributed by atoms with Crippen LogP contribution < -0.4 is 10.2 Å². The quantitative estimate of drug-likeness (QED) is 0.737. The minimum atomic E-state index is -0.296. The minimum absolute atomic E-state index is 0.194. The average molecular weight is 408 g/mol. The highest BCUT2D eigenvalue weighted by atomic mass is 16.5. The SMILES string of the molecule is Cc1ccc2c(c1)C(=O)N(CCCC(=O)Nc1ccc(N3CCOCC3)cn1)C2=O. The molecule has 1 saturated heterocycles.